The highest BCUT2D eigenvalue weighted by Gasteiger charge is 2.27. The molecule has 3 heteroatoms. The van der Waals surface area contributed by atoms with E-state index >= 15 is 0 Å². The predicted molar refractivity (Wildman–Crippen MR) is 75.1 cm³/mol. The van der Waals surface area contributed by atoms with Gasteiger partial charge in [-0.2, -0.15) is 0 Å². The van der Waals surface area contributed by atoms with Crippen LogP contribution in [0.15, 0.2) is 36.8 Å². The molecule has 3 nitrogen and oxygen atoms in total. The molecule has 1 aliphatic carbocycles. The van der Waals surface area contributed by atoms with E-state index in [0.717, 1.165) is 19.4 Å². The first-order chi connectivity index (χ1) is 9.42. The molecule has 0 bridgehead atoms. The Balaban J connectivity index is 1.63. The van der Waals surface area contributed by atoms with Crippen LogP contribution in [0.2, 0.25) is 0 Å². The molecular weight excluding hydrogens is 234 g/mol. The lowest BCUT2D eigenvalue weighted by atomic mass is 10.1. The van der Waals surface area contributed by atoms with Gasteiger partial charge in [-0.25, -0.2) is 4.98 Å². The second kappa shape index (κ2) is 4.49. The molecule has 2 heterocycles. The van der Waals surface area contributed by atoms with Gasteiger partial charge in [-0.15, -0.1) is 0 Å². The Morgan fingerprint density at radius 1 is 1.16 bits per heavy atom. The molecule has 0 radical (unpaired) electrons. The molecule has 1 atom stereocenters. The van der Waals surface area contributed by atoms with Gasteiger partial charge in [0.15, 0.2) is 0 Å². The van der Waals surface area contributed by atoms with Crippen molar-refractivity contribution in [1.29, 1.82) is 0 Å². The Hall–Kier alpha value is -1.61. The third-order valence-electron chi connectivity index (χ3n) is 4.54. The molecule has 19 heavy (non-hydrogen) atoms. The zero-order valence-electron chi connectivity index (χ0n) is 11.0. The normalized spacial score (nSPS) is 22.8. The minimum atomic E-state index is 0.506. The molecule has 1 saturated heterocycles. The SMILES string of the molecule is c1ccc2c(c1)CC(n1cncc1C1CCCN1)C2. The van der Waals surface area contributed by atoms with Crippen LogP contribution in [0.1, 0.15) is 41.7 Å². The molecule has 2 aliphatic rings. The zero-order chi connectivity index (χ0) is 12.7. The van der Waals surface area contributed by atoms with Crippen molar-refractivity contribution in [3.05, 3.63) is 53.6 Å². The van der Waals surface area contributed by atoms with Crippen LogP contribution in [-0.2, 0) is 12.8 Å². The van der Waals surface area contributed by atoms with Crippen LogP contribution in [0.5, 0.6) is 0 Å². The van der Waals surface area contributed by atoms with E-state index in [1.54, 1.807) is 0 Å². The van der Waals surface area contributed by atoms with Crippen molar-refractivity contribution in [2.45, 2.75) is 37.8 Å². The highest BCUT2D eigenvalue weighted by atomic mass is 15.1. The summed E-state index contributed by atoms with van der Waals surface area (Å²) < 4.78 is 2.41. The molecule has 1 unspecified atom stereocenters. The Kier molecular flexibility index (Phi) is 2.66. The second-order valence-corrected chi connectivity index (χ2v) is 5.71. The fourth-order valence-corrected chi connectivity index (χ4v) is 3.56. The zero-order valence-corrected chi connectivity index (χ0v) is 11.0. The lowest BCUT2D eigenvalue weighted by Crippen LogP contribution is -2.19. The molecule has 98 valence electrons. The lowest BCUT2D eigenvalue weighted by molar-refractivity contribution is 0.478. The van der Waals surface area contributed by atoms with E-state index < -0.39 is 0 Å². The number of nitrogens with one attached hydrogen (secondary N) is 1. The van der Waals surface area contributed by atoms with Crippen molar-refractivity contribution in [1.82, 2.24) is 14.9 Å². The third-order valence-corrected chi connectivity index (χ3v) is 4.54. The van der Waals surface area contributed by atoms with Gasteiger partial charge in [-0.1, -0.05) is 24.3 Å². The molecule has 0 amide bonds. The molecule has 1 aromatic heterocycles. The number of benzene rings is 1. The summed E-state index contributed by atoms with van der Waals surface area (Å²) in [5, 5.41) is 3.58. The number of aromatic nitrogens is 2. The molecule has 1 N–H and O–H groups in total. The lowest BCUT2D eigenvalue weighted by Gasteiger charge is -2.19. The third kappa shape index (κ3) is 1.89. The largest absolute Gasteiger partial charge is 0.329 e. The molecule has 1 fully saturated rings. The standard InChI is InChI=1S/C16H19N3/c1-2-5-13-9-14(8-12(13)4-1)19-11-17-10-16(19)15-6-3-7-18-15/h1-2,4-5,10-11,14-15,18H,3,6-9H2. The van der Waals surface area contributed by atoms with Gasteiger partial charge in [0.25, 0.3) is 0 Å². The van der Waals surface area contributed by atoms with Crippen molar-refractivity contribution < 1.29 is 0 Å². The summed E-state index contributed by atoms with van der Waals surface area (Å²) in [6.45, 7) is 1.14. The van der Waals surface area contributed by atoms with Gasteiger partial charge >= 0.3 is 0 Å². The summed E-state index contributed by atoms with van der Waals surface area (Å²) in [6, 6.07) is 9.88. The van der Waals surface area contributed by atoms with Gasteiger partial charge in [0.1, 0.15) is 0 Å². The number of nitrogens with zero attached hydrogens (tertiary/aromatic N) is 2. The molecule has 1 aromatic carbocycles. The fraction of sp³-hybridized carbons (Fsp3) is 0.438. The fourth-order valence-electron chi connectivity index (χ4n) is 3.56. The van der Waals surface area contributed by atoms with Crippen molar-refractivity contribution in [2.24, 2.45) is 0 Å². The summed E-state index contributed by atoms with van der Waals surface area (Å²) in [5.41, 5.74) is 4.38. The highest BCUT2D eigenvalue weighted by molar-refractivity contribution is 5.33. The molecule has 4 rings (SSSR count). The average molecular weight is 253 g/mol. The average Bonchev–Trinajstić information content (AvgIpc) is 3.17. The van der Waals surface area contributed by atoms with E-state index in [0.29, 0.717) is 12.1 Å². The molecule has 0 spiro atoms. The summed E-state index contributed by atoms with van der Waals surface area (Å²) in [6.07, 6.45) is 8.88. The number of hydrogen-bond donors (Lipinski definition) is 1. The van der Waals surface area contributed by atoms with E-state index in [-0.39, 0.29) is 0 Å². The van der Waals surface area contributed by atoms with Crippen molar-refractivity contribution >= 4 is 0 Å². The van der Waals surface area contributed by atoms with Crippen LogP contribution >= 0.6 is 0 Å². The summed E-state index contributed by atoms with van der Waals surface area (Å²) in [4.78, 5) is 4.40. The molecule has 2 aromatic rings. The maximum Gasteiger partial charge on any atom is 0.0951 e. The molecule has 1 aliphatic heterocycles. The molecule has 0 saturated carbocycles. The minimum absolute atomic E-state index is 0.506. The Morgan fingerprint density at radius 2 is 1.95 bits per heavy atom. The van der Waals surface area contributed by atoms with Crippen molar-refractivity contribution in [3.8, 4) is 0 Å². The number of imidazole rings is 1. The van der Waals surface area contributed by atoms with Crippen LogP contribution in [-0.4, -0.2) is 16.1 Å². The quantitative estimate of drug-likeness (QED) is 0.891. The first kappa shape index (κ1) is 11.2. The topological polar surface area (TPSA) is 29.9 Å². The van der Waals surface area contributed by atoms with E-state index in [1.165, 1.54) is 29.7 Å². The van der Waals surface area contributed by atoms with Gasteiger partial charge in [0, 0.05) is 18.3 Å². The maximum absolute atomic E-state index is 4.40. The summed E-state index contributed by atoms with van der Waals surface area (Å²) in [5.74, 6) is 0. The van der Waals surface area contributed by atoms with Gasteiger partial charge in [0.2, 0.25) is 0 Å². The predicted octanol–water partition coefficient (Wildman–Crippen LogP) is 2.65. The Bertz CT molecular complexity index is 556. The van der Waals surface area contributed by atoms with Gasteiger partial charge in [0.05, 0.1) is 12.0 Å². The van der Waals surface area contributed by atoms with E-state index in [9.17, 15) is 0 Å². The summed E-state index contributed by atoms with van der Waals surface area (Å²) in [7, 11) is 0. The number of rotatable bonds is 2. The number of fused-ring (bicyclic) bond motifs is 1. The van der Waals surface area contributed by atoms with Crippen LogP contribution in [0.3, 0.4) is 0 Å². The minimum Gasteiger partial charge on any atom is -0.329 e. The monoisotopic (exact) mass is 253 g/mol. The van der Waals surface area contributed by atoms with Crippen molar-refractivity contribution in [2.75, 3.05) is 6.54 Å². The first-order valence-corrected chi connectivity index (χ1v) is 7.24. The second-order valence-electron chi connectivity index (χ2n) is 5.71. The maximum atomic E-state index is 4.40. The molecular formula is C16H19N3. The van der Waals surface area contributed by atoms with Crippen molar-refractivity contribution in [3.63, 3.8) is 0 Å². The highest BCUT2D eigenvalue weighted by Crippen LogP contribution is 2.33. The summed E-state index contributed by atoms with van der Waals surface area (Å²) >= 11 is 0. The van der Waals surface area contributed by atoms with Crippen LogP contribution < -0.4 is 5.32 Å². The van der Waals surface area contributed by atoms with Gasteiger partial charge < -0.3 is 9.88 Å². The van der Waals surface area contributed by atoms with E-state index in [4.69, 9.17) is 0 Å². The van der Waals surface area contributed by atoms with Crippen LogP contribution in [0.25, 0.3) is 0 Å². The van der Waals surface area contributed by atoms with Gasteiger partial charge in [-0.05, 0) is 43.4 Å². The van der Waals surface area contributed by atoms with Crippen LogP contribution in [0, 0.1) is 0 Å². The van der Waals surface area contributed by atoms with Crippen LogP contribution in [0.4, 0.5) is 0 Å². The Labute approximate surface area is 113 Å². The smallest absolute Gasteiger partial charge is 0.0951 e. The van der Waals surface area contributed by atoms with E-state index in [1.807, 2.05) is 12.5 Å². The van der Waals surface area contributed by atoms with E-state index in [2.05, 4.69) is 39.1 Å². The number of hydrogen-bond acceptors (Lipinski definition) is 2. The first-order valence-electron chi connectivity index (χ1n) is 7.24. The van der Waals surface area contributed by atoms with Gasteiger partial charge in [-0.3, -0.25) is 0 Å². The Morgan fingerprint density at radius 3 is 2.63 bits per heavy atom.